The van der Waals surface area contributed by atoms with Gasteiger partial charge in [0.05, 0.1) is 0 Å². The van der Waals surface area contributed by atoms with E-state index < -0.39 is 0 Å². The fourth-order valence-corrected chi connectivity index (χ4v) is 2.86. The summed E-state index contributed by atoms with van der Waals surface area (Å²) >= 11 is 0. The van der Waals surface area contributed by atoms with E-state index in [0.29, 0.717) is 13.0 Å². The predicted octanol–water partition coefficient (Wildman–Crippen LogP) is 4.76. The summed E-state index contributed by atoms with van der Waals surface area (Å²) < 4.78 is 0. The van der Waals surface area contributed by atoms with E-state index >= 15 is 0 Å². The number of benzene rings is 3. The summed E-state index contributed by atoms with van der Waals surface area (Å²) in [6.45, 7) is 2.80. The number of hydrogen-bond acceptors (Lipinski definition) is 2. The SMILES string of the molecule is CC(NCCC(=O)c1cccc2ccccc12)c1ccccc1. The maximum absolute atomic E-state index is 12.5. The molecule has 3 aromatic carbocycles. The number of nitrogens with one attached hydrogen (secondary N) is 1. The number of hydrogen-bond donors (Lipinski definition) is 1. The molecule has 3 rings (SSSR count). The number of carbonyl (C=O) groups excluding carboxylic acids is 1. The van der Waals surface area contributed by atoms with E-state index in [-0.39, 0.29) is 11.8 Å². The molecule has 2 heteroatoms. The smallest absolute Gasteiger partial charge is 0.164 e. The van der Waals surface area contributed by atoms with Crippen molar-refractivity contribution in [3.05, 3.63) is 83.9 Å². The van der Waals surface area contributed by atoms with Crippen molar-refractivity contribution in [3.63, 3.8) is 0 Å². The first kappa shape index (κ1) is 15.4. The average Bonchev–Trinajstić information content (AvgIpc) is 2.61. The molecule has 0 spiro atoms. The minimum atomic E-state index is 0.189. The standard InChI is InChI=1S/C21H21NO/c1-16(17-8-3-2-4-9-17)22-15-14-21(23)20-13-7-11-18-10-5-6-12-19(18)20/h2-13,16,22H,14-15H2,1H3. The highest BCUT2D eigenvalue weighted by atomic mass is 16.1. The van der Waals surface area contributed by atoms with Gasteiger partial charge in [-0.2, -0.15) is 0 Å². The Morgan fingerprint density at radius 3 is 2.43 bits per heavy atom. The zero-order valence-electron chi connectivity index (χ0n) is 13.3. The highest BCUT2D eigenvalue weighted by Crippen LogP contribution is 2.20. The summed E-state index contributed by atoms with van der Waals surface area (Å²) in [6.07, 6.45) is 0.505. The topological polar surface area (TPSA) is 29.1 Å². The Kier molecular flexibility index (Phi) is 4.84. The van der Waals surface area contributed by atoms with E-state index in [4.69, 9.17) is 0 Å². The lowest BCUT2D eigenvalue weighted by Gasteiger charge is -2.14. The molecule has 1 N–H and O–H groups in total. The largest absolute Gasteiger partial charge is 0.310 e. The first-order valence-corrected chi connectivity index (χ1v) is 8.05. The minimum absolute atomic E-state index is 0.189. The fraction of sp³-hybridized carbons (Fsp3) is 0.190. The summed E-state index contributed by atoms with van der Waals surface area (Å²) in [7, 11) is 0. The first-order chi connectivity index (χ1) is 11.3. The molecular formula is C21H21NO. The molecule has 0 saturated carbocycles. The minimum Gasteiger partial charge on any atom is -0.310 e. The molecule has 0 bridgehead atoms. The van der Waals surface area contributed by atoms with Gasteiger partial charge in [-0.15, -0.1) is 0 Å². The van der Waals surface area contributed by atoms with Crippen LogP contribution in [0.2, 0.25) is 0 Å². The zero-order chi connectivity index (χ0) is 16.1. The van der Waals surface area contributed by atoms with Crippen LogP contribution in [-0.4, -0.2) is 12.3 Å². The third-order valence-corrected chi connectivity index (χ3v) is 4.19. The molecule has 0 aliphatic heterocycles. The number of Topliss-reactive ketones (excluding diaryl/α,β-unsaturated/α-hetero) is 1. The van der Waals surface area contributed by atoms with E-state index in [1.165, 1.54) is 5.56 Å². The molecule has 2 nitrogen and oxygen atoms in total. The molecule has 1 unspecified atom stereocenters. The zero-order valence-corrected chi connectivity index (χ0v) is 13.3. The molecule has 23 heavy (non-hydrogen) atoms. The molecule has 0 amide bonds. The van der Waals surface area contributed by atoms with E-state index in [1.807, 2.05) is 60.7 Å². The number of ketones is 1. The van der Waals surface area contributed by atoms with Crippen LogP contribution in [-0.2, 0) is 0 Å². The predicted molar refractivity (Wildman–Crippen MR) is 95.8 cm³/mol. The van der Waals surface area contributed by atoms with Crippen LogP contribution in [0.4, 0.5) is 0 Å². The van der Waals surface area contributed by atoms with E-state index in [0.717, 1.165) is 16.3 Å². The lowest BCUT2D eigenvalue weighted by Crippen LogP contribution is -2.22. The monoisotopic (exact) mass is 303 g/mol. The van der Waals surface area contributed by atoms with Crippen LogP contribution < -0.4 is 5.32 Å². The van der Waals surface area contributed by atoms with Crippen LogP contribution >= 0.6 is 0 Å². The molecule has 0 aliphatic carbocycles. The molecule has 0 aromatic heterocycles. The highest BCUT2D eigenvalue weighted by molar-refractivity contribution is 6.08. The average molecular weight is 303 g/mol. The number of rotatable bonds is 6. The fourth-order valence-electron chi connectivity index (χ4n) is 2.86. The van der Waals surface area contributed by atoms with Crippen molar-refractivity contribution in [2.75, 3.05) is 6.54 Å². The van der Waals surface area contributed by atoms with Gasteiger partial charge in [-0.25, -0.2) is 0 Å². The van der Waals surface area contributed by atoms with Crippen molar-refractivity contribution >= 4 is 16.6 Å². The quantitative estimate of drug-likeness (QED) is 0.665. The Morgan fingerprint density at radius 1 is 0.913 bits per heavy atom. The Morgan fingerprint density at radius 2 is 1.61 bits per heavy atom. The van der Waals surface area contributed by atoms with Crippen LogP contribution in [0.1, 0.15) is 35.3 Å². The lowest BCUT2D eigenvalue weighted by molar-refractivity contribution is 0.0983. The van der Waals surface area contributed by atoms with Gasteiger partial charge < -0.3 is 5.32 Å². The van der Waals surface area contributed by atoms with Crippen molar-refractivity contribution in [2.24, 2.45) is 0 Å². The van der Waals surface area contributed by atoms with Gasteiger partial charge in [0.2, 0.25) is 0 Å². The van der Waals surface area contributed by atoms with Crippen molar-refractivity contribution in [2.45, 2.75) is 19.4 Å². The third kappa shape index (κ3) is 3.66. The van der Waals surface area contributed by atoms with Crippen LogP contribution in [0.5, 0.6) is 0 Å². The van der Waals surface area contributed by atoms with Crippen molar-refractivity contribution in [1.82, 2.24) is 5.32 Å². The first-order valence-electron chi connectivity index (χ1n) is 8.05. The van der Waals surface area contributed by atoms with Crippen molar-refractivity contribution in [3.8, 4) is 0 Å². The maximum atomic E-state index is 12.5. The second-order valence-corrected chi connectivity index (χ2v) is 5.79. The van der Waals surface area contributed by atoms with E-state index in [1.54, 1.807) is 0 Å². The molecule has 0 heterocycles. The van der Waals surface area contributed by atoms with Gasteiger partial charge in [0.15, 0.2) is 5.78 Å². The van der Waals surface area contributed by atoms with Crippen molar-refractivity contribution in [1.29, 1.82) is 0 Å². The molecule has 0 aliphatic rings. The van der Waals surface area contributed by atoms with Crippen LogP contribution in [0, 0.1) is 0 Å². The van der Waals surface area contributed by atoms with Gasteiger partial charge in [-0.1, -0.05) is 72.8 Å². The van der Waals surface area contributed by atoms with Gasteiger partial charge in [-0.3, -0.25) is 4.79 Å². The molecule has 3 aromatic rings. The van der Waals surface area contributed by atoms with Gasteiger partial charge >= 0.3 is 0 Å². The normalized spacial score (nSPS) is 12.2. The van der Waals surface area contributed by atoms with Gasteiger partial charge in [0.1, 0.15) is 0 Å². The Labute approximate surface area is 137 Å². The highest BCUT2D eigenvalue weighted by Gasteiger charge is 2.10. The number of carbonyl (C=O) groups is 1. The molecule has 0 fully saturated rings. The van der Waals surface area contributed by atoms with Crippen molar-refractivity contribution < 1.29 is 4.79 Å². The third-order valence-electron chi connectivity index (χ3n) is 4.19. The second kappa shape index (κ2) is 7.21. The summed E-state index contributed by atoms with van der Waals surface area (Å²) in [6, 6.07) is 24.5. The Bertz CT molecular complexity index is 790. The second-order valence-electron chi connectivity index (χ2n) is 5.79. The lowest BCUT2D eigenvalue weighted by atomic mass is 10.00. The maximum Gasteiger partial charge on any atom is 0.164 e. The van der Waals surface area contributed by atoms with Crippen LogP contribution in [0.15, 0.2) is 72.8 Å². The Balaban J connectivity index is 1.63. The van der Waals surface area contributed by atoms with Gasteiger partial charge in [0, 0.05) is 24.6 Å². The van der Waals surface area contributed by atoms with Gasteiger partial charge in [0.25, 0.3) is 0 Å². The summed E-state index contributed by atoms with van der Waals surface area (Å²) in [5, 5.41) is 5.58. The molecular weight excluding hydrogens is 282 g/mol. The molecule has 0 radical (unpaired) electrons. The molecule has 0 saturated heterocycles. The van der Waals surface area contributed by atoms with Gasteiger partial charge in [-0.05, 0) is 23.3 Å². The van der Waals surface area contributed by atoms with E-state index in [9.17, 15) is 4.79 Å². The summed E-state index contributed by atoms with van der Waals surface area (Å²) in [4.78, 5) is 12.5. The Hall–Kier alpha value is -2.45. The molecule has 1 atom stereocenters. The number of fused-ring (bicyclic) bond motifs is 1. The summed E-state index contributed by atoms with van der Waals surface area (Å²) in [5.74, 6) is 0.189. The van der Waals surface area contributed by atoms with E-state index in [2.05, 4.69) is 24.4 Å². The van der Waals surface area contributed by atoms with Crippen LogP contribution in [0.3, 0.4) is 0 Å². The molecule has 116 valence electrons. The van der Waals surface area contributed by atoms with Crippen LogP contribution in [0.25, 0.3) is 10.8 Å². The summed E-state index contributed by atoms with van der Waals surface area (Å²) in [5.41, 5.74) is 2.06.